The van der Waals surface area contributed by atoms with Crippen LogP contribution in [0.25, 0.3) is 0 Å². The van der Waals surface area contributed by atoms with E-state index in [1.165, 1.54) is 26.2 Å². The lowest BCUT2D eigenvalue weighted by molar-refractivity contribution is 0.0244. The Morgan fingerprint density at radius 1 is 1.30 bits per heavy atom. The molecule has 146 valence electrons. The SMILES string of the molecule is Cn1c(Nc2ccc(Br)cc2F)c(OC(=O)NOCCO)c(=O)n(C)c1=O. The highest BCUT2D eigenvalue weighted by Gasteiger charge is 2.21. The molecule has 27 heavy (non-hydrogen) atoms. The van der Waals surface area contributed by atoms with Gasteiger partial charge in [0.25, 0.3) is 0 Å². The molecule has 0 radical (unpaired) electrons. The fraction of sp³-hybridized carbons (Fsp3) is 0.267. The number of carbonyl (C=O) groups is 1. The Morgan fingerprint density at radius 2 is 2.00 bits per heavy atom. The predicted molar refractivity (Wildman–Crippen MR) is 96.5 cm³/mol. The van der Waals surface area contributed by atoms with Crippen LogP contribution in [0.4, 0.5) is 20.7 Å². The van der Waals surface area contributed by atoms with Gasteiger partial charge in [-0.2, -0.15) is 5.48 Å². The first-order valence-corrected chi connectivity index (χ1v) is 8.28. The number of aliphatic hydroxyl groups excluding tert-OH is 1. The van der Waals surface area contributed by atoms with Crippen molar-refractivity contribution in [3.63, 3.8) is 0 Å². The number of ether oxygens (including phenoxy) is 1. The maximum Gasteiger partial charge on any atom is 0.437 e. The number of rotatable bonds is 6. The summed E-state index contributed by atoms with van der Waals surface area (Å²) in [5.41, 5.74) is 0.166. The summed E-state index contributed by atoms with van der Waals surface area (Å²) in [7, 11) is 2.51. The van der Waals surface area contributed by atoms with Crippen LogP contribution in [0.3, 0.4) is 0 Å². The van der Waals surface area contributed by atoms with E-state index in [4.69, 9.17) is 9.84 Å². The van der Waals surface area contributed by atoms with Gasteiger partial charge in [0.1, 0.15) is 5.82 Å². The van der Waals surface area contributed by atoms with Gasteiger partial charge in [-0.25, -0.2) is 14.0 Å². The number of hydrogen-bond acceptors (Lipinski definition) is 7. The summed E-state index contributed by atoms with van der Waals surface area (Å²) in [5, 5.41) is 11.2. The average Bonchev–Trinajstić information content (AvgIpc) is 2.63. The van der Waals surface area contributed by atoms with Crippen molar-refractivity contribution in [3.8, 4) is 5.75 Å². The molecule has 1 aromatic carbocycles. The first-order valence-electron chi connectivity index (χ1n) is 7.48. The Morgan fingerprint density at radius 3 is 2.63 bits per heavy atom. The molecule has 1 heterocycles. The van der Waals surface area contributed by atoms with E-state index in [0.717, 1.165) is 9.13 Å². The molecule has 0 atom stereocenters. The van der Waals surface area contributed by atoms with Crippen molar-refractivity contribution in [2.75, 3.05) is 18.5 Å². The van der Waals surface area contributed by atoms with Crippen molar-refractivity contribution in [1.82, 2.24) is 14.6 Å². The molecule has 0 aliphatic carbocycles. The molecule has 12 heteroatoms. The molecule has 0 saturated heterocycles. The van der Waals surface area contributed by atoms with Crippen LogP contribution in [0.5, 0.6) is 5.75 Å². The lowest BCUT2D eigenvalue weighted by atomic mass is 10.3. The second-order valence-corrected chi connectivity index (χ2v) is 6.11. The first-order chi connectivity index (χ1) is 12.8. The van der Waals surface area contributed by atoms with E-state index in [0.29, 0.717) is 4.47 Å². The first kappa shape index (κ1) is 20.6. The second kappa shape index (κ2) is 8.79. The number of carbonyl (C=O) groups excluding carboxylic acids is 1. The van der Waals surface area contributed by atoms with E-state index in [9.17, 15) is 18.8 Å². The average molecular weight is 447 g/mol. The minimum atomic E-state index is -1.17. The third kappa shape index (κ3) is 4.72. The standard InChI is InChI=1S/C15H16BrFN4O6/c1-20-12(18-10-4-3-8(16)7-9(10)17)11(13(23)21(2)15(20)25)27-14(24)19-26-6-5-22/h3-4,7,18,22H,5-6H2,1-2H3,(H,19,24). The van der Waals surface area contributed by atoms with Crippen molar-refractivity contribution < 1.29 is 23.9 Å². The molecule has 0 unspecified atom stereocenters. The molecule has 0 aliphatic heterocycles. The largest absolute Gasteiger partial charge is 0.437 e. The minimum Gasteiger partial charge on any atom is -0.399 e. The molecule has 10 nitrogen and oxygen atoms in total. The molecule has 0 aliphatic rings. The summed E-state index contributed by atoms with van der Waals surface area (Å²) in [5.74, 6) is -1.45. The summed E-state index contributed by atoms with van der Waals surface area (Å²) in [6.45, 7) is -0.548. The summed E-state index contributed by atoms with van der Waals surface area (Å²) < 4.78 is 21.2. The number of aromatic nitrogens is 2. The summed E-state index contributed by atoms with van der Waals surface area (Å²) in [6.07, 6.45) is -1.17. The number of nitrogens with one attached hydrogen (secondary N) is 2. The van der Waals surface area contributed by atoms with Crippen LogP contribution in [0, 0.1) is 5.82 Å². The van der Waals surface area contributed by atoms with Gasteiger partial charge in [0.15, 0.2) is 5.82 Å². The predicted octanol–water partition coefficient (Wildman–Crippen LogP) is 0.741. The zero-order chi connectivity index (χ0) is 20.1. The van der Waals surface area contributed by atoms with Crippen molar-refractivity contribution in [2.45, 2.75) is 0 Å². The zero-order valence-electron chi connectivity index (χ0n) is 14.3. The van der Waals surface area contributed by atoms with Gasteiger partial charge in [-0.3, -0.25) is 18.8 Å². The molecule has 0 bridgehead atoms. The highest BCUT2D eigenvalue weighted by Crippen LogP contribution is 2.26. The molecular weight excluding hydrogens is 431 g/mol. The Hall–Kier alpha value is -2.70. The number of hydroxylamine groups is 1. The third-order valence-corrected chi connectivity index (χ3v) is 3.84. The molecule has 0 spiro atoms. The van der Waals surface area contributed by atoms with Crippen LogP contribution >= 0.6 is 15.9 Å². The number of nitrogens with zero attached hydrogens (tertiary/aromatic N) is 2. The topological polar surface area (TPSA) is 124 Å². The zero-order valence-corrected chi connectivity index (χ0v) is 15.9. The van der Waals surface area contributed by atoms with Gasteiger partial charge in [-0.05, 0) is 18.2 Å². The number of halogens is 2. The normalized spacial score (nSPS) is 10.6. The summed E-state index contributed by atoms with van der Waals surface area (Å²) in [6, 6.07) is 4.09. The van der Waals surface area contributed by atoms with Crippen molar-refractivity contribution in [3.05, 3.63) is 49.3 Å². The number of benzene rings is 1. The van der Waals surface area contributed by atoms with Crippen LogP contribution < -0.4 is 26.8 Å². The highest BCUT2D eigenvalue weighted by atomic mass is 79.9. The monoisotopic (exact) mass is 446 g/mol. The Balaban J connectivity index is 2.47. The molecule has 1 aromatic heterocycles. The van der Waals surface area contributed by atoms with Crippen LogP contribution in [-0.2, 0) is 18.9 Å². The molecular formula is C15H16BrFN4O6. The Labute approximate surface area is 160 Å². The molecule has 3 N–H and O–H groups in total. The fourth-order valence-electron chi connectivity index (χ4n) is 2.03. The summed E-state index contributed by atoms with van der Waals surface area (Å²) >= 11 is 3.12. The number of amides is 1. The maximum atomic E-state index is 14.1. The van der Waals surface area contributed by atoms with E-state index in [2.05, 4.69) is 26.1 Å². The van der Waals surface area contributed by atoms with Gasteiger partial charge in [-0.15, -0.1) is 0 Å². The van der Waals surface area contributed by atoms with E-state index >= 15 is 0 Å². The van der Waals surface area contributed by atoms with E-state index in [-0.39, 0.29) is 24.7 Å². The summed E-state index contributed by atoms with van der Waals surface area (Å²) in [4.78, 5) is 40.9. The molecule has 1 amide bonds. The lowest BCUT2D eigenvalue weighted by Crippen LogP contribution is -2.40. The number of anilines is 2. The van der Waals surface area contributed by atoms with Crippen LogP contribution in [0.15, 0.2) is 32.3 Å². The van der Waals surface area contributed by atoms with Gasteiger partial charge in [0, 0.05) is 18.6 Å². The van der Waals surface area contributed by atoms with Crippen molar-refractivity contribution >= 4 is 33.5 Å². The van der Waals surface area contributed by atoms with Gasteiger partial charge in [0.2, 0.25) is 5.75 Å². The van der Waals surface area contributed by atoms with Gasteiger partial charge < -0.3 is 15.2 Å². The smallest absolute Gasteiger partial charge is 0.399 e. The van der Waals surface area contributed by atoms with Gasteiger partial charge in [0.05, 0.1) is 18.9 Å². The van der Waals surface area contributed by atoms with Crippen molar-refractivity contribution in [2.24, 2.45) is 14.1 Å². The van der Waals surface area contributed by atoms with Crippen molar-refractivity contribution in [1.29, 1.82) is 0 Å². The highest BCUT2D eigenvalue weighted by molar-refractivity contribution is 9.10. The van der Waals surface area contributed by atoms with Crippen LogP contribution in [-0.4, -0.2) is 33.5 Å². The molecule has 2 aromatic rings. The van der Waals surface area contributed by atoms with Gasteiger partial charge >= 0.3 is 17.3 Å². The van der Waals surface area contributed by atoms with E-state index in [1.807, 2.05) is 5.48 Å². The second-order valence-electron chi connectivity index (χ2n) is 5.20. The Bertz CT molecular complexity index is 974. The quantitative estimate of drug-likeness (QED) is 0.441. The number of aliphatic hydroxyl groups is 1. The van der Waals surface area contributed by atoms with Crippen LogP contribution in [0.2, 0.25) is 0 Å². The minimum absolute atomic E-state index is 0.0526. The molecule has 0 fully saturated rings. The maximum absolute atomic E-state index is 14.1. The fourth-order valence-corrected chi connectivity index (χ4v) is 2.37. The third-order valence-electron chi connectivity index (χ3n) is 3.35. The lowest BCUT2D eigenvalue weighted by Gasteiger charge is -2.16. The number of hydrogen-bond donors (Lipinski definition) is 3. The van der Waals surface area contributed by atoms with E-state index in [1.54, 1.807) is 6.07 Å². The molecule has 0 saturated carbocycles. The molecule has 2 rings (SSSR count). The van der Waals surface area contributed by atoms with Gasteiger partial charge in [-0.1, -0.05) is 15.9 Å². The Kier molecular flexibility index (Phi) is 6.71. The van der Waals surface area contributed by atoms with E-state index < -0.39 is 28.9 Å². The van der Waals surface area contributed by atoms with Crippen LogP contribution in [0.1, 0.15) is 0 Å².